The molecule has 0 saturated carbocycles. The minimum Gasteiger partial charge on any atom is -0.494 e. The van der Waals surface area contributed by atoms with E-state index in [1.807, 2.05) is 74.4 Å². The molecule has 1 unspecified atom stereocenters. The predicted molar refractivity (Wildman–Crippen MR) is 190 cm³/mol. The number of benzene rings is 3. The summed E-state index contributed by atoms with van der Waals surface area (Å²) in [6.07, 6.45) is 2.77. The number of amides is 1. The Hall–Kier alpha value is -3.47. The maximum absolute atomic E-state index is 14.4. The summed E-state index contributed by atoms with van der Waals surface area (Å²) in [6.45, 7) is 6.14. The molecule has 2 heterocycles. The summed E-state index contributed by atoms with van der Waals surface area (Å²) < 4.78 is 7.36. The maximum atomic E-state index is 14.4. The molecule has 0 spiro atoms. The van der Waals surface area contributed by atoms with E-state index < -0.39 is 6.04 Å². The van der Waals surface area contributed by atoms with Crippen molar-refractivity contribution < 1.29 is 9.53 Å². The van der Waals surface area contributed by atoms with Crippen LogP contribution in [0.3, 0.4) is 0 Å². The molecule has 1 fully saturated rings. The number of carbonyl (C=O) groups excluding carboxylic acids is 1. The average Bonchev–Trinajstić information content (AvgIpc) is 3.07. The molecule has 11 heteroatoms. The van der Waals surface area contributed by atoms with Crippen LogP contribution >= 0.6 is 23.2 Å². The molecule has 3 aromatic carbocycles. The average molecular weight is 680 g/mol. The van der Waals surface area contributed by atoms with Gasteiger partial charge in [0.1, 0.15) is 11.6 Å². The summed E-state index contributed by atoms with van der Waals surface area (Å²) in [6, 6.07) is 20.0. The van der Waals surface area contributed by atoms with Crippen molar-refractivity contribution in [2.45, 2.75) is 44.7 Å². The van der Waals surface area contributed by atoms with Crippen molar-refractivity contribution in [2.75, 3.05) is 53.4 Å². The third-order valence-corrected chi connectivity index (χ3v) is 9.26. The number of fused-ring (bicyclic) bond motifs is 1. The van der Waals surface area contributed by atoms with Gasteiger partial charge in [0, 0.05) is 19.1 Å². The second-order valence-electron chi connectivity index (χ2n) is 12.2. The molecule has 1 amide bonds. The smallest absolute Gasteiger partial charge is 0.266 e. The lowest BCUT2D eigenvalue weighted by Crippen LogP contribution is -2.45. The fourth-order valence-electron chi connectivity index (χ4n) is 6.04. The van der Waals surface area contributed by atoms with Crippen LogP contribution in [-0.4, -0.2) is 84.7 Å². The zero-order chi connectivity index (χ0) is 33.3. The maximum Gasteiger partial charge on any atom is 0.266 e. The van der Waals surface area contributed by atoms with E-state index >= 15 is 0 Å². The van der Waals surface area contributed by atoms with Gasteiger partial charge in [0.15, 0.2) is 0 Å². The zero-order valence-electron chi connectivity index (χ0n) is 27.3. The van der Waals surface area contributed by atoms with Crippen LogP contribution < -0.4 is 20.9 Å². The van der Waals surface area contributed by atoms with Gasteiger partial charge in [-0.15, -0.1) is 0 Å². The molecule has 1 saturated heterocycles. The largest absolute Gasteiger partial charge is 0.494 e. The van der Waals surface area contributed by atoms with Gasteiger partial charge < -0.3 is 25.2 Å². The lowest BCUT2D eigenvalue weighted by Gasteiger charge is -2.34. The molecule has 250 valence electrons. The Balaban J connectivity index is 1.62. The van der Waals surface area contributed by atoms with E-state index in [0.717, 1.165) is 31.5 Å². The molecular formula is C36H44Cl2N6O3. The summed E-state index contributed by atoms with van der Waals surface area (Å²) in [5.41, 5.74) is 1.83. The molecule has 5 rings (SSSR count). The number of aromatic nitrogens is 2. The lowest BCUT2D eigenvalue weighted by atomic mass is 10.0. The first-order valence-corrected chi connectivity index (χ1v) is 17.1. The molecule has 1 atom stereocenters. The molecule has 0 aliphatic carbocycles. The van der Waals surface area contributed by atoms with Gasteiger partial charge in [-0.2, -0.15) is 0 Å². The fraction of sp³-hybridized carbons (Fsp3) is 0.417. The summed E-state index contributed by atoms with van der Waals surface area (Å²) in [4.78, 5) is 37.8. The number of halogens is 2. The van der Waals surface area contributed by atoms with Crippen LogP contribution in [0.15, 0.2) is 71.5 Å². The van der Waals surface area contributed by atoms with Gasteiger partial charge in [-0.05, 0) is 114 Å². The number of nitrogens with one attached hydrogen (secondary N) is 2. The van der Waals surface area contributed by atoms with Crippen molar-refractivity contribution in [2.24, 2.45) is 0 Å². The summed E-state index contributed by atoms with van der Waals surface area (Å²) in [7, 11) is 3.97. The third kappa shape index (κ3) is 8.91. The highest BCUT2D eigenvalue weighted by Gasteiger charge is 2.31. The van der Waals surface area contributed by atoms with Gasteiger partial charge in [-0.25, -0.2) is 4.98 Å². The first-order valence-electron chi connectivity index (χ1n) is 16.3. The van der Waals surface area contributed by atoms with E-state index in [2.05, 4.69) is 15.5 Å². The van der Waals surface area contributed by atoms with E-state index in [0.29, 0.717) is 76.9 Å². The van der Waals surface area contributed by atoms with E-state index in [1.165, 1.54) is 0 Å². The predicted octanol–water partition coefficient (Wildman–Crippen LogP) is 5.50. The highest BCUT2D eigenvalue weighted by molar-refractivity contribution is 6.42. The van der Waals surface area contributed by atoms with Crippen molar-refractivity contribution >= 4 is 40.0 Å². The number of para-hydroxylation sites is 1. The van der Waals surface area contributed by atoms with E-state index in [-0.39, 0.29) is 17.9 Å². The summed E-state index contributed by atoms with van der Waals surface area (Å²) in [5, 5.41) is 8.50. The van der Waals surface area contributed by atoms with Gasteiger partial charge in [0.2, 0.25) is 5.91 Å². The molecule has 4 aromatic rings. The van der Waals surface area contributed by atoms with Crippen molar-refractivity contribution in [1.29, 1.82) is 0 Å². The molecular weight excluding hydrogens is 635 g/mol. The van der Waals surface area contributed by atoms with Crippen LogP contribution in [0.4, 0.5) is 0 Å². The Morgan fingerprint density at radius 1 is 1.04 bits per heavy atom. The number of rotatable bonds is 14. The molecule has 9 nitrogen and oxygen atoms in total. The van der Waals surface area contributed by atoms with Crippen LogP contribution in [0.5, 0.6) is 5.75 Å². The first-order chi connectivity index (χ1) is 22.7. The standard InChI is InChI=1S/C36H44Cl2N6O3/c1-4-47-28-12-10-27(11-13-28)44-35(41-32-8-6-5-7-29(32)36(44)46)33(17-20-40-26-15-18-39-19-16-26)43(22-21-42(2)3)34(45)24-25-9-14-30(37)31(38)23-25/h5-14,23,26,33,39-40H,4,15-22,24H2,1-3H3. The second kappa shape index (κ2) is 16.6. The van der Waals surface area contributed by atoms with Gasteiger partial charge in [0.25, 0.3) is 5.56 Å². The van der Waals surface area contributed by atoms with Gasteiger partial charge in [-0.1, -0.05) is 41.4 Å². The van der Waals surface area contributed by atoms with Gasteiger partial charge in [-0.3, -0.25) is 14.2 Å². The quantitative estimate of drug-likeness (QED) is 0.182. The number of piperidine rings is 1. The minimum absolute atomic E-state index is 0.0854. The van der Waals surface area contributed by atoms with Crippen LogP contribution in [0, 0.1) is 0 Å². The van der Waals surface area contributed by atoms with E-state index in [1.54, 1.807) is 22.8 Å². The molecule has 0 bridgehead atoms. The Labute approximate surface area is 286 Å². The highest BCUT2D eigenvalue weighted by atomic mass is 35.5. The normalized spacial score (nSPS) is 14.4. The van der Waals surface area contributed by atoms with Crippen molar-refractivity contribution in [3.8, 4) is 11.4 Å². The number of ether oxygens (including phenoxy) is 1. The number of hydrogen-bond acceptors (Lipinski definition) is 7. The Bertz CT molecular complexity index is 1710. The second-order valence-corrected chi connectivity index (χ2v) is 13.0. The summed E-state index contributed by atoms with van der Waals surface area (Å²) in [5.74, 6) is 1.15. The van der Waals surface area contributed by atoms with E-state index in [9.17, 15) is 9.59 Å². The van der Waals surface area contributed by atoms with Crippen LogP contribution in [-0.2, 0) is 11.2 Å². The lowest BCUT2D eigenvalue weighted by molar-refractivity contribution is -0.133. The summed E-state index contributed by atoms with van der Waals surface area (Å²) >= 11 is 12.5. The van der Waals surface area contributed by atoms with Crippen LogP contribution in [0.25, 0.3) is 16.6 Å². The first kappa shape index (κ1) is 34.9. The number of likely N-dealkylation sites (N-methyl/N-ethyl adjacent to an activating group) is 1. The number of nitrogens with zero attached hydrogens (tertiary/aromatic N) is 4. The molecule has 2 N–H and O–H groups in total. The Kier molecular flexibility index (Phi) is 12.3. The molecule has 1 aromatic heterocycles. The molecule has 1 aliphatic rings. The molecule has 0 radical (unpaired) electrons. The highest BCUT2D eigenvalue weighted by Crippen LogP contribution is 2.29. The Morgan fingerprint density at radius 2 is 1.79 bits per heavy atom. The zero-order valence-corrected chi connectivity index (χ0v) is 28.9. The van der Waals surface area contributed by atoms with Crippen LogP contribution in [0.1, 0.15) is 43.6 Å². The van der Waals surface area contributed by atoms with Gasteiger partial charge in [0.05, 0.1) is 45.7 Å². The molecule has 47 heavy (non-hydrogen) atoms. The van der Waals surface area contributed by atoms with Crippen molar-refractivity contribution in [3.05, 3.63) is 98.5 Å². The monoisotopic (exact) mass is 678 g/mol. The fourth-order valence-corrected chi connectivity index (χ4v) is 6.36. The number of carbonyl (C=O) groups is 1. The minimum atomic E-state index is -0.511. The topological polar surface area (TPSA) is 91.7 Å². The third-order valence-electron chi connectivity index (χ3n) is 8.52. The SMILES string of the molecule is CCOc1ccc(-n2c(C(CCNC3CCNCC3)N(CCN(C)C)C(=O)Cc3ccc(Cl)c(Cl)c3)nc3ccccc3c2=O)cc1. The Morgan fingerprint density at radius 3 is 2.49 bits per heavy atom. The van der Waals surface area contributed by atoms with Gasteiger partial charge >= 0.3 is 0 Å². The van der Waals surface area contributed by atoms with Crippen molar-refractivity contribution in [3.63, 3.8) is 0 Å². The molecule has 1 aliphatic heterocycles. The number of hydrogen-bond donors (Lipinski definition) is 2. The van der Waals surface area contributed by atoms with E-state index in [4.69, 9.17) is 32.9 Å². The van der Waals surface area contributed by atoms with Crippen molar-refractivity contribution in [1.82, 2.24) is 30.0 Å². The van der Waals surface area contributed by atoms with Crippen LogP contribution in [0.2, 0.25) is 10.0 Å².